The Kier molecular flexibility index (Phi) is 2.37. The Hall–Kier alpha value is -1.97. The van der Waals surface area contributed by atoms with Crippen LogP contribution in [0.4, 0.5) is 0 Å². The largest absolute Gasteiger partial charge is 0.385 e. The minimum Gasteiger partial charge on any atom is -0.385 e. The highest BCUT2D eigenvalue weighted by atomic mass is 16.5. The van der Waals surface area contributed by atoms with Gasteiger partial charge in [0.2, 0.25) is 0 Å². The lowest BCUT2D eigenvalue weighted by atomic mass is 9.85. The second kappa shape index (κ2) is 4.01. The van der Waals surface area contributed by atoms with Gasteiger partial charge in [0.1, 0.15) is 11.6 Å². The van der Waals surface area contributed by atoms with Crippen LogP contribution in [0.5, 0.6) is 0 Å². The van der Waals surface area contributed by atoms with E-state index in [1.807, 2.05) is 0 Å². The summed E-state index contributed by atoms with van der Waals surface area (Å²) in [6.07, 6.45) is 8.43. The Bertz CT molecular complexity index is 706. The van der Waals surface area contributed by atoms with E-state index in [9.17, 15) is 5.11 Å². The summed E-state index contributed by atoms with van der Waals surface area (Å²) in [7, 11) is 0. The molecule has 6 heteroatoms. The normalized spacial score (nSPS) is 32.4. The molecule has 2 bridgehead atoms. The van der Waals surface area contributed by atoms with Crippen molar-refractivity contribution < 1.29 is 9.84 Å². The first kappa shape index (κ1) is 11.8. The zero-order chi connectivity index (χ0) is 13.7. The molecular weight excluding hydrogens is 256 g/mol. The highest BCUT2D eigenvalue weighted by Crippen LogP contribution is 2.43. The smallest absolute Gasteiger partial charge is 0.172 e. The molecule has 2 aromatic heterocycles. The lowest BCUT2D eigenvalue weighted by Gasteiger charge is -2.36. The van der Waals surface area contributed by atoms with Crippen molar-refractivity contribution >= 4 is 5.65 Å². The van der Waals surface area contributed by atoms with E-state index in [0.29, 0.717) is 24.1 Å². The fourth-order valence-electron chi connectivity index (χ4n) is 3.35. The van der Waals surface area contributed by atoms with Crippen molar-refractivity contribution in [2.45, 2.75) is 43.5 Å². The van der Waals surface area contributed by atoms with Gasteiger partial charge in [-0.25, -0.2) is 9.50 Å². The molecule has 2 aliphatic rings. The minimum atomic E-state index is -0.899. The van der Waals surface area contributed by atoms with Gasteiger partial charge in [-0.3, -0.25) is 0 Å². The van der Waals surface area contributed by atoms with E-state index < -0.39 is 5.60 Å². The van der Waals surface area contributed by atoms with Gasteiger partial charge >= 0.3 is 0 Å². The van der Waals surface area contributed by atoms with Crippen LogP contribution in [-0.2, 0) is 10.3 Å². The first-order chi connectivity index (χ1) is 9.68. The molecule has 102 valence electrons. The van der Waals surface area contributed by atoms with Gasteiger partial charge in [0.05, 0.1) is 24.0 Å². The Balaban J connectivity index is 1.76. The fourth-order valence-corrected chi connectivity index (χ4v) is 3.35. The second-order valence-electron chi connectivity index (χ2n) is 5.68. The van der Waals surface area contributed by atoms with E-state index >= 15 is 0 Å². The number of hydrogen-bond acceptors (Lipinski definition) is 5. The summed E-state index contributed by atoms with van der Waals surface area (Å²) in [5, 5.41) is 24.0. The van der Waals surface area contributed by atoms with Crippen molar-refractivity contribution in [3.8, 4) is 6.07 Å². The second-order valence-corrected chi connectivity index (χ2v) is 5.68. The van der Waals surface area contributed by atoms with Gasteiger partial charge in [-0.15, -0.1) is 0 Å². The quantitative estimate of drug-likeness (QED) is 0.839. The van der Waals surface area contributed by atoms with E-state index in [-0.39, 0.29) is 12.2 Å². The molecule has 0 amide bonds. The van der Waals surface area contributed by atoms with Gasteiger partial charge in [0.15, 0.2) is 5.65 Å². The predicted octanol–water partition coefficient (Wildman–Crippen LogP) is 1.13. The van der Waals surface area contributed by atoms with Crippen LogP contribution in [-0.4, -0.2) is 31.9 Å². The maximum atomic E-state index is 10.9. The van der Waals surface area contributed by atoms with E-state index in [1.165, 1.54) is 6.20 Å². The number of fused-ring (bicyclic) bond motifs is 3. The summed E-state index contributed by atoms with van der Waals surface area (Å²) < 4.78 is 7.34. The molecule has 2 unspecified atom stereocenters. The topological polar surface area (TPSA) is 83.4 Å². The Morgan fingerprint density at radius 2 is 2.10 bits per heavy atom. The number of rotatable bonds is 1. The average molecular weight is 270 g/mol. The van der Waals surface area contributed by atoms with Crippen LogP contribution in [0.15, 0.2) is 18.6 Å². The van der Waals surface area contributed by atoms with Gasteiger partial charge in [0, 0.05) is 30.8 Å². The molecule has 2 fully saturated rings. The zero-order valence-corrected chi connectivity index (χ0v) is 10.9. The van der Waals surface area contributed by atoms with Crippen molar-refractivity contribution in [3.05, 3.63) is 29.7 Å². The molecule has 6 nitrogen and oxygen atoms in total. The van der Waals surface area contributed by atoms with Crippen LogP contribution in [0, 0.1) is 11.3 Å². The van der Waals surface area contributed by atoms with Crippen molar-refractivity contribution in [3.63, 3.8) is 0 Å². The number of aromatic nitrogens is 3. The molecule has 4 heterocycles. The lowest BCUT2D eigenvalue weighted by Crippen LogP contribution is -2.39. The van der Waals surface area contributed by atoms with Crippen molar-refractivity contribution in [2.75, 3.05) is 0 Å². The van der Waals surface area contributed by atoms with E-state index in [1.54, 1.807) is 16.9 Å². The van der Waals surface area contributed by atoms with Gasteiger partial charge in [0.25, 0.3) is 0 Å². The molecule has 0 spiro atoms. The molecule has 1 N–H and O–H groups in total. The van der Waals surface area contributed by atoms with Gasteiger partial charge in [-0.05, 0) is 12.8 Å². The third-order valence-corrected chi connectivity index (χ3v) is 4.34. The van der Waals surface area contributed by atoms with Crippen molar-refractivity contribution in [2.24, 2.45) is 0 Å². The monoisotopic (exact) mass is 270 g/mol. The summed E-state index contributed by atoms with van der Waals surface area (Å²) in [6, 6.07) is 2.05. The number of ether oxygens (including phenoxy) is 1. The number of nitrogens with zero attached hydrogens (tertiary/aromatic N) is 4. The number of nitriles is 1. The maximum Gasteiger partial charge on any atom is 0.172 e. The lowest BCUT2D eigenvalue weighted by molar-refractivity contribution is -0.115. The molecule has 0 saturated carbocycles. The highest BCUT2D eigenvalue weighted by molar-refractivity contribution is 5.53. The third kappa shape index (κ3) is 1.64. The van der Waals surface area contributed by atoms with E-state index in [4.69, 9.17) is 10.00 Å². The van der Waals surface area contributed by atoms with Crippen molar-refractivity contribution in [1.82, 2.24) is 14.6 Å². The van der Waals surface area contributed by atoms with Crippen LogP contribution in [0.3, 0.4) is 0 Å². The third-order valence-electron chi connectivity index (χ3n) is 4.34. The molecule has 2 aliphatic heterocycles. The number of aliphatic hydroxyl groups is 1. The Morgan fingerprint density at radius 1 is 1.35 bits per heavy atom. The van der Waals surface area contributed by atoms with E-state index in [2.05, 4.69) is 16.2 Å². The van der Waals surface area contributed by atoms with Crippen LogP contribution in [0.2, 0.25) is 0 Å². The van der Waals surface area contributed by atoms with Gasteiger partial charge in [-0.1, -0.05) is 0 Å². The summed E-state index contributed by atoms with van der Waals surface area (Å²) in [5.74, 6) is 0. The fraction of sp³-hybridized carbons (Fsp3) is 0.500. The summed E-state index contributed by atoms with van der Waals surface area (Å²) in [4.78, 5) is 4.28. The standard InChI is InChI=1S/C14H14N4O2/c15-5-9-6-17-18-8-10(7-16-13(9)18)14(19)3-11-1-2-12(4-14)20-11/h6-8,11-12,19H,1-4H2. The molecule has 2 saturated heterocycles. The minimum absolute atomic E-state index is 0.140. The SMILES string of the molecule is N#Cc1cnn2cc(C3(O)CC4CCC(C3)O4)cnc12. The van der Waals surface area contributed by atoms with E-state index in [0.717, 1.165) is 18.4 Å². The zero-order valence-electron chi connectivity index (χ0n) is 10.9. The van der Waals surface area contributed by atoms with Crippen molar-refractivity contribution in [1.29, 1.82) is 5.26 Å². The maximum absolute atomic E-state index is 10.9. The van der Waals surface area contributed by atoms with Crippen LogP contribution in [0.1, 0.15) is 36.8 Å². The average Bonchev–Trinajstić information content (AvgIpc) is 3.01. The molecule has 0 aromatic carbocycles. The Labute approximate surface area is 115 Å². The first-order valence-corrected chi connectivity index (χ1v) is 6.80. The molecule has 0 radical (unpaired) electrons. The molecule has 20 heavy (non-hydrogen) atoms. The molecular formula is C14H14N4O2. The van der Waals surface area contributed by atoms with Gasteiger partial charge < -0.3 is 9.84 Å². The van der Waals surface area contributed by atoms with Crippen LogP contribution >= 0.6 is 0 Å². The highest BCUT2D eigenvalue weighted by Gasteiger charge is 2.45. The van der Waals surface area contributed by atoms with Gasteiger partial charge in [-0.2, -0.15) is 10.4 Å². The predicted molar refractivity (Wildman–Crippen MR) is 68.7 cm³/mol. The Morgan fingerprint density at radius 3 is 2.80 bits per heavy atom. The first-order valence-electron chi connectivity index (χ1n) is 6.80. The molecule has 0 aliphatic carbocycles. The summed E-state index contributed by atoms with van der Waals surface area (Å²) >= 11 is 0. The molecule has 4 rings (SSSR count). The summed E-state index contributed by atoms with van der Waals surface area (Å²) in [6.45, 7) is 0. The number of hydrogen-bond donors (Lipinski definition) is 1. The molecule has 2 atom stereocenters. The summed E-state index contributed by atoms with van der Waals surface area (Å²) in [5.41, 5.74) is 0.813. The van der Waals surface area contributed by atoms with Crippen LogP contribution in [0.25, 0.3) is 5.65 Å². The van der Waals surface area contributed by atoms with Crippen LogP contribution < -0.4 is 0 Å². The molecule has 2 aromatic rings.